The molecule has 1 aliphatic carbocycles. The molecule has 0 radical (unpaired) electrons. The van der Waals surface area contributed by atoms with Gasteiger partial charge in [-0.2, -0.15) is 0 Å². The van der Waals surface area contributed by atoms with Crippen molar-refractivity contribution in [1.29, 1.82) is 0 Å². The predicted octanol–water partition coefficient (Wildman–Crippen LogP) is 9.01. The Morgan fingerprint density at radius 2 is 1.32 bits per heavy atom. The zero-order valence-corrected chi connectivity index (χ0v) is 22.9. The van der Waals surface area contributed by atoms with Gasteiger partial charge in [-0.15, -0.1) is 0 Å². The molecule has 0 amide bonds. The first-order chi connectivity index (χ1) is 20.1. The molecule has 41 heavy (non-hydrogen) atoms. The van der Waals surface area contributed by atoms with Crippen molar-refractivity contribution in [2.24, 2.45) is 5.92 Å². The number of aromatic nitrogens is 3. The molecule has 3 aromatic carbocycles. The van der Waals surface area contributed by atoms with Crippen LogP contribution >= 0.6 is 0 Å². The Kier molecular flexibility index (Phi) is 7.60. The van der Waals surface area contributed by atoms with Crippen LogP contribution in [0.5, 0.6) is 0 Å². The molecule has 5 aromatic rings. The number of nitrogens with zero attached hydrogens (tertiary/aromatic N) is 3. The minimum atomic E-state index is -2.50. The Bertz CT molecular complexity index is 1490. The van der Waals surface area contributed by atoms with E-state index < -0.39 is 11.5 Å². The summed E-state index contributed by atoms with van der Waals surface area (Å²) < 4.78 is 29.4. The summed E-state index contributed by atoms with van der Waals surface area (Å²) in [5.74, 6) is -2.21. The van der Waals surface area contributed by atoms with Gasteiger partial charge in [-0.05, 0) is 60.1 Å². The van der Waals surface area contributed by atoms with Crippen molar-refractivity contribution in [3.63, 3.8) is 0 Å². The van der Waals surface area contributed by atoms with Crippen LogP contribution in [-0.4, -0.2) is 20.5 Å². The van der Waals surface area contributed by atoms with Crippen molar-refractivity contribution in [2.45, 2.75) is 43.6 Å². The quantitative estimate of drug-likeness (QED) is 0.182. The second-order valence-electron chi connectivity index (χ2n) is 10.8. The van der Waals surface area contributed by atoms with E-state index in [4.69, 9.17) is 4.98 Å². The minimum Gasteiger partial charge on any atom is -0.318 e. The average Bonchev–Trinajstić information content (AvgIpc) is 3.51. The van der Waals surface area contributed by atoms with E-state index >= 15 is 0 Å². The summed E-state index contributed by atoms with van der Waals surface area (Å²) in [6.45, 7) is 0. The van der Waals surface area contributed by atoms with Crippen molar-refractivity contribution in [1.82, 2.24) is 14.5 Å². The van der Waals surface area contributed by atoms with E-state index in [0.29, 0.717) is 18.8 Å². The molecule has 1 aliphatic rings. The summed E-state index contributed by atoms with van der Waals surface area (Å²) >= 11 is 0. The molecule has 5 heteroatoms. The summed E-state index contributed by atoms with van der Waals surface area (Å²) in [7, 11) is 0. The number of rotatable bonds is 8. The lowest BCUT2D eigenvalue weighted by Crippen LogP contribution is -2.36. The van der Waals surface area contributed by atoms with Crippen LogP contribution < -0.4 is 0 Å². The van der Waals surface area contributed by atoms with E-state index in [9.17, 15) is 8.78 Å². The fourth-order valence-corrected chi connectivity index (χ4v) is 6.11. The lowest BCUT2D eigenvalue weighted by molar-refractivity contribution is -0.0453. The maximum absolute atomic E-state index is 13.6. The van der Waals surface area contributed by atoms with Crippen LogP contribution in [0.25, 0.3) is 17.3 Å². The third-order valence-electron chi connectivity index (χ3n) is 8.24. The zero-order valence-electron chi connectivity index (χ0n) is 22.9. The van der Waals surface area contributed by atoms with Gasteiger partial charge in [0.25, 0.3) is 0 Å². The van der Waals surface area contributed by atoms with Gasteiger partial charge in [0.05, 0.1) is 17.7 Å². The molecule has 0 aliphatic heterocycles. The third-order valence-corrected chi connectivity index (χ3v) is 8.24. The van der Waals surface area contributed by atoms with E-state index in [2.05, 4.69) is 94.6 Å². The van der Waals surface area contributed by atoms with Gasteiger partial charge in [0.15, 0.2) is 0 Å². The number of halogens is 2. The monoisotopic (exact) mass is 545 g/mol. The Balaban J connectivity index is 1.39. The van der Waals surface area contributed by atoms with Crippen LogP contribution in [0.15, 0.2) is 128 Å². The van der Waals surface area contributed by atoms with Crippen molar-refractivity contribution < 1.29 is 8.78 Å². The number of hydrogen-bond acceptors (Lipinski definition) is 2. The molecule has 6 rings (SSSR count). The van der Waals surface area contributed by atoms with Crippen LogP contribution in [0.3, 0.4) is 0 Å². The number of hydrogen-bond donors (Lipinski definition) is 0. The Hall–Kier alpha value is -4.38. The lowest BCUT2D eigenvalue weighted by atomic mass is 9.77. The Morgan fingerprint density at radius 3 is 1.88 bits per heavy atom. The third kappa shape index (κ3) is 5.49. The van der Waals surface area contributed by atoms with E-state index in [-0.39, 0.29) is 12.8 Å². The summed E-state index contributed by atoms with van der Waals surface area (Å²) in [4.78, 5) is 9.56. The van der Waals surface area contributed by atoms with Crippen molar-refractivity contribution in [3.8, 4) is 11.3 Å². The maximum Gasteiger partial charge on any atom is 0.248 e. The van der Waals surface area contributed by atoms with Crippen molar-refractivity contribution >= 4 is 6.08 Å². The predicted molar refractivity (Wildman–Crippen MR) is 161 cm³/mol. The summed E-state index contributed by atoms with van der Waals surface area (Å²) in [6, 6.07) is 35.5. The number of pyridine rings is 1. The smallest absolute Gasteiger partial charge is 0.248 e. The lowest BCUT2D eigenvalue weighted by Gasteiger charge is -2.37. The maximum atomic E-state index is 13.6. The normalized spacial score (nSPS) is 15.8. The van der Waals surface area contributed by atoms with Crippen LogP contribution in [0, 0.1) is 5.92 Å². The number of allylic oxidation sites excluding steroid dienone is 1. The first-order valence-electron chi connectivity index (χ1n) is 14.3. The van der Waals surface area contributed by atoms with Crippen molar-refractivity contribution in [3.05, 3.63) is 150 Å². The molecule has 0 saturated heterocycles. The summed E-state index contributed by atoms with van der Waals surface area (Å²) in [6.07, 6.45) is 11.8. The first kappa shape index (κ1) is 26.8. The molecule has 1 fully saturated rings. The van der Waals surface area contributed by atoms with Crippen LogP contribution in [-0.2, 0) is 5.54 Å². The van der Waals surface area contributed by atoms with Crippen molar-refractivity contribution in [2.75, 3.05) is 0 Å². The van der Waals surface area contributed by atoms with E-state index in [1.165, 1.54) is 0 Å². The molecule has 0 N–H and O–H groups in total. The Labute approximate surface area is 240 Å². The van der Waals surface area contributed by atoms with Gasteiger partial charge >= 0.3 is 0 Å². The minimum absolute atomic E-state index is 0.0101. The first-order valence-corrected chi connectivity index (χ1v) is 14.3. The van der Waals surface area contributed by atoms with Gasteiger partial charge in [0, 0.05) is 30.8 Å². The zero-order chi connectivity index (χ0) is 28.1. The van der Waals surface area contributed by atoms with E-state index in [0.717, 1.165) is 40.1 Å². The van der Waals surface area contributed by atoms with E-state index in [1.807, 2.05) is 42.7 Å². The highest BCUT2D eigenvalue weighted by molar-refractivity contribution is 5.70. The average molecular weight is 546 g/mol. The van der Waals surface area contributed by atoms with Gasteiger partial charge in [-0.3, -0.25) is 4.98 Å². The molecule has 0 unspecified atom stereocenters. The van der Waals surface area contributed by atoms with Gasteiger partial charge in [-0.1, -0.05) is 97.1 Å². The highest BCUT2D eigenvalue weighted by Crippen LogP contribution is 2.42. The molecular formula is C36H33F2N3. The molecule has 2 heterocycles. The standard InChI is InChI=1S/C36H33F2N3/c37-35(38)23-21-28(22-24-35)12-10-20-33-32(19-11-25-39-33)34-26-41(27-40-34)36(29-13-4-1-5-14-29,30-15-6-2-7-16-30)31-17-8-3-9-18-31/h1-11,13-20,25-28H,12,21-24H2. The molecule has 1 saturated carbocycles. The van der Waals surface area contributed by atoms with E-state index in [1.54, 1.807) is 6.20 Å². The summed E-state index contributed by atoms with van der Waals surface area (Å²) in [5, 5.41) is 0. The fraction of sp³-hybridized carbons (Fsp3) is 0.222. The number of alkyl halides is 2. The van der Waals surface area contributed by atoms with Crippen LogP contribution in [0.2, 0.25) is 0 Å². The molecule has 206 valence electrons. The molecule has 0 spiro atoms. The number of imidazole rings is 1. The highest BCUT2D eigenvalue weighted by atomic mass is 19.3. The largest absolute Gasteiger partial charge is 0.318 e. The van der Waals surface area contributed by atoms with Crippen LogP contribution in [0.4, 0.5) is 8.78 Å². The van der Waals surface area contributed by atoms with Gasteiger partial charge in [0.2, 0.25) is 5.92 Å². The highest BCUT2D eigenvalue weighted by Gasteiger charge is 2.38. The van der Waals surface area contributed by atoms with Gasteiger partial charge in [0.1, 0.15) is 5.54 Å². The van der Waals surface area contributed by atoms with Gasteiger partial charge < -0.3 is 4.57 Å². The second-order valence-corrected chi connectivity index (χ2v) is 10.8. The molecule has 0 atom stereocenters. The molecule has 2 aromatic heterocycles. The molecular weight excluding hydrogens is 512 g/mol. The van der Waals surface area contributed by atoms with Gasteiger partial charge in [-0.25, -0.2) is 13.8 Å². The molecule has 0 bridgehead atoms. The van der Waals surface area contributed by atoms with Crippen LogP contribution in [0.1, 0.15) is 54.5 Å². The summed E-state index contributed by atoms with van der Waals surface area (Å²) in [5.41, 5.74) is 5.32. The molecule has 3 nitrogen and oxygen atoms in total. The SMILES string of the molecule is FC1(F)CCC(CC=Cc2ncccc2-c2cn(C(c3ccccc3)(c3ccccc3)c3ccccc3)cn2)CC1. The Morgan fingerprint density at radius 1 is 0.756 bits per heavy atom. The number of benzene rings is 3. The topological polar surface area (TPSA) is 30.7 Å². The fourth-order valence-electron chi connectivity index (χ4n) is 6.11. The second kappa shape index (κ2) is 11.6.